The van der Waals surface area contributed by atoms with Crippen LogP contribution in [0.5, 0.6) is 0 Å². The minimum absolute atomic E-state index is 0.0309. The Kier molecular flexibility index (Phi) is 7.04. The molecule has 3 N–H and O–H groups in total. The largest absolute Gasteiger partial charge is 0.396 e. The van der Waals surface area contributed by atoms with Crippen molar-refractivity contribution in [1.29, 1.82) is 0 Å². The van der Waals surface area contributed by atoms with Crippen molar-refractivity contribution in [3.63, 3.8) is 0 Å². The van der Waals surface area contributed by atoms with E-state index in [1.807, 2.05) is 0 Å². The molecule has 34 heavy (non-hydrogen) atoms. The Labute approximate surface area is 197 Å². The van der Waals surface area contributed by atoms with Gasteiger partial charge in [0.15, 0.2) is 0 Å². The molecule has 0 spiro atoms. The molecule has 3 aromatic rings. The Bertz CT molecular complexity index is 1270. The average Bonchev–Trinajstić information content (AvgIpc) is 3.12. The van der Waals surface area contributed by atoms with E-state index in [1.165, 1.54) is 29.6 Å². The van der Waals surface area contributed by atoms with E-state index in [0.29, 0.717) is 29.5 Å². The maximum atomic E-state index is 14.5. The Morgan fingerprint density at radius 3 is 2.47 bits per heavy atom. The molecule has 0 saturated heterocycles. The van der Waals surface area contributed by atoms with Gasteiger partial charge in [-0.05, 0) is 72.1 Å². The maximum absolute atomic E-state index is 14.5. The molecule has 184 valence electrons. The molecular weight excluding hydrogens is 467 g/mol. The van der Waals surface area contributed by atoms with Gasteiger partial charge in [-0.3, -0.25) is 0 Å². The SMILES string of the molecule is CC(CO)CN(C)S(=O)(=O)NCC1CC(c2c(-c3ccc(F)cc3)[nH]c3c(F)cc(F)cc23)C1. The van der Waals surface area contributed by atoms with Crippen molar-refractivity contribution in [3.8, 4) is 11.3 Å². The lowest BCUT2D eigenvalue weighted by atomic mass is 9.70. The Morgan fingerprint density at radius 1 is 1.15 bits per heavy atom. The summed E-state index contributed by atoms with van der Waals surface area (Å²) in [5.41, 5.74) is 2.23. The summed E-state index contributed by atoms with van der Waals surface area (Å²) in [5.74, 6) is -1.92. The van der Waals surface area contributed by atoms with Crippen molar-refractivity contribution in [2.24, 2.45) is 11.8 Å². The zero-order valence-electron chi connectivity index (χ0n) is 19.0. The van der Waals surface area contributed by atoms with Crippen LogP contribution in [-0.4, -0.2) is 49.6 Å². The summed E-state index contributed by atoms with van der Waals surface area (Å²) in [6.45, 7) is 2.10. The Balaban J connectivity index is 1.53. The summed E-state index contributed by atoms with van der Waals surface area (Å²) in [5, 5.41) is 9.60. The summed E-state index contributed by atoms with van der Waals surface area (Å²) < 4.78 is 70.7. The molecule has 2 aromatic carbocycles. The number of hydrogen-bond donors (Lipinski definition) is 3. The smallest absolute Gasteiger partial charge is 0.279 e. The van der Waals surface area contributed by atoms with Gasteiger partial charge in [-0.15, -0.1) is 0 Å². The van der Waals surface area contributed by atoms with E-state index >= 15 is 0 Å². The number of H-pyrrole nitrogens is 1. The molecule has 0 aliphatic heterocycles. The standard InChI is InChI=1S/C24H28F3N3O3S/c1-14(13-31)12-30(2)34(32,33)28-11-15-7-17(8-15)22-20-9-19(26)10-21(27)24(20)29-23(22)16-3-5-18(25)6-4-16/h3-6,9-10,14-15,17,28-29,31H,7-8,11-13H2,1-2H3. The van der Waals surface area contributed by atoms with E-state index in [1.54, 1.807) is 19.1 Å². The minimum atomic E-state index is -3.68. The van der Waals surface area contributed by atoms with Crippen LogP contribution in [0, 0.1) is 29.3 Å². The van der Waals surface area contributed by atoms with Gasteiger partial charge in [0.05, 0.1) is 11.2 Å². The van der Waals surface area contributed by atoms with Gasteiger partial charge in [0, 0.05) is 38.2 Å². The highest BCUT2D eigenvalue weighted by molar-refractivity contribution is 7.87. The summed E-state index contributed by atoms with van der Waals surface area (Å²) in [6, 6.07) is 7.92. The zero-order valence-corrected chi connectivity index (χ0v) is 19.8. The van der Waals surface area contributed by atoms with Gasteiger partial charge in [-0.25, -0.2) is 17.9 Å². The van der Waals surface area contributed by atoms with Gasteiger partial charge in [-0.1, -0.05) is 6.92 Å². The first kappa shape index (κ1) is 24.7. The van der Waals surface area contributed by atoms with Crippen LogP contribution in [0.15, 0.2) is 36.4 Å². The third-order valence-corrected chi connectivity index (χ3v) is 7.99. The first-order chi connectivity index (χ1) is 16.1. The van der Waals surface area contributed by atoms with Gasteiger partial charge in [-0.2, -0.15) is 12.7 Å². The van der Waals surface area contributed by atoms with E-state index in [0.717, 1.165) is 11.6 Å². The van der Waals surface area contributed by atoms with Crippen molar-refractivity contribution in [2.75, 3.05) is 26.7 Å². The molecule has 1 aliphatic carbocycles. The second-order valence-corrected chi connectivity index (χ2v) is 11.0. The van der Waals surface area contributed by atoms with Crippen LogP contribution in [0.4, 0.5) is 13.2 Å². The van der Waals surface area contributed by atoms with Gasteiger partial charge < -0.3 is 10.1 Å². The van der Waals surface area contributed by atoms with Gasteiger partial charge in [0.25, 0.3) is 10.2 Å². The molecule has 0 bridgehead atoms. The van der Waals surface area contributed by atoms with Crippen molar-refractivity contribution in [1.82, 2.24) is 14.0 Å². The fourth-order valence-corrected chi connectivity index (χ4v) is 5.69. The van der Waals surface area contributed by atoms with Gasteiger partial charge in [0.2, 0.25) is 0 Å². The molecule has 1 heterocycles. The van der Waals surface area contributed by atoms with Gasteiger partial charge >= 0.3 is 0 Å². The van der Waals surface area contributed by atoms with Crippen LogP contribution in [-0.2, 0) is 10.2 Å². The summed E-state index contributed by atoms with van der Waals surface area (Å²) in [6.07, 6.45) is 1.27. The number of aliphatic hydroxyl groups excluding tert-OH is 1. The number of aromatic amines is 1. The number of nitrogens with one attached hydrogen (secondary N) is 2. The summed E-state index contributed by atoms with van der Waals surface area (Å²) in [4.78, 5) is 3.05. The molecule has 1 unspecified atom stereocenters. The summed E-state index contributed by atoms with van der Waals surface area (Å²) >= 11 is 0. The molecule has 0 radical (unpaired) electrons. The van der Waals surface area contributed by atoms with Crippen molar-refractivity contribution in [3.05, 3.63) is 59.4 Å². The number of hydrogen-bond acceptors (Lipinski definition) is 3. The maximum Gasteiger partial charge on any atom is 0.279 e. The van der Waals surface area contributed by atoms with Crippen LogP contribution in [0.25, 0.3) is 22.2 Å². The normalized spacial score (nSPS) is 19.5. The predicted molar refractivity (Wildman–Crippen MR) is 125 cm³/mol. The van der Waals surface area contributed by atoms with Crippen LogP contribution in [0.3, 0.4) is 0 Å². The second kappa shape index (κ2) is 9.69. The van der Waals surface area contributed by atoms with E-state index < -0.39 is 27.7 Å². The second-order valence-electron chi connectivity index (χ2n) is 9.19. The fraction of sp³-hybridized carbons (Fsp3) is 0.417. The molecule has 1 aromatic heterocycles. The number of aliphatic hydroxyl groups is 1. The van der Waals surface area contributed by atoms with Crippen LogP contribution >= 0.6 is 0 Å². The van der Waals surface area contributed by atoms with Crippen LogP contribution in [0.1, 0.15) is 31.2 Å². The third kappa shape index (κ3) is 5.00. The number of fused-ring (bicyclic) bond motifs is 1. The molecule has 1 atom stereocenters. The number of nitrogens with zero attached hydrogens (tertiary/aromatic N) is 1. The van der Waals surface area contributed by atoms with Crippen LogP contribution in [0.2, 0.25) is 0 Å². The highest BCUT2D eigenvalue weighted by Gasteiger charge is 2.35. The molecule has 0 amide bonds. The average molecular weight is 496 g/mol. The van der Waals surface area contributed by atoms with Gasteiger partial charge in [0.1, 0.15) is 17.5 Å². The third-order valence-electron chi connectivity index (χ3n) is 6.49. The molecule has 1 saturated carbocycles. The van der Waals surface area contributed by atoms with Crippen LogP contribution < -0.4 is 4.72 Å². The minimum Gasteiger partial charge on any atom is -0.396 e. The number of benzene rings is 2. The number of halogens is 3. The molecule has 10 heteroatoms. The molecule has 1 fully saturated rings. The number of rotatable bonds is 9. The van der Waals surface area contributed by atoms with E-state index in [-0.39, 0.29) is 43.0 Å². The first-order valence-electron chi connectivity index (χ1n) is 11.2. The lowest BCUT2D eigenvalue weighted by Crippen LogP contribution is -2.44. The highest BCUT2D eigenvalue weighted by Crippen LogP contribution is 2.48. The monoisotopic (exact) mass is 495 g/mol. The zero-order chi connectivity index (χ0) is 24.6. The quantitative estimate of drug-likeness (QED) is 0.417. The lowest BCUT2D eigenvalue weighted by Gasteiger charge is -2.36. The van der Waals surface area contributed by atoms with Crippen molar-refractivity contribution < 1.29 is 26.7 Å². The predicted octanol–water partition coefficient (Wildman–Crippen LogP) is 4.14. The summed E-state index contributed by atoms with van der Waals surface area (Å²) in [7, 11) is -2.22. The van der Waals surface area contributed by atoms with E-state index in [9.17, 15) is 21.6 Å². The fourth-order valence-electron chi connectivity index (χ4n) is 4.57. The Morgan fingerprint density at radius 2 is 1.82 bits per heavy atom. The van der Waals surface area contributed by atoms with Crippen molar-refractivity contribution in [2.45, 2.75) is 25.7 Å². The van der Waals surface area contributed by atoms with Crippen molar-refractivity contribution >= 4 is 21.1 Å². The topological polar surface area (TPSA) is 85.4 Å². The molecule has 6 nitrogen and oxygen atoms in total. The molecule has 1 aliphatic rings. The molecule has 4 rings (SSSR count). The first-order valence-corrected chi connectivity index (χ1v) is 12.6. The lowest BCUT2D eigenvalue weighted by molar-refractivity contribution is 0.218. The Hall–Kier alpha value is -2.40. The van der Waals surface area contributed by atoms with E-state index in [4.69, 9.17) is 5.11 Å². The number of aromatic nitrogens is 1. The van der Waals surface area contributed by atoms with E-state index in [2.05, 4.69) is 9.71 Å². The highest BCUT2D eigenvalue weighted by atomic mass is 32.2. The molecular formula is C24H28F3N3O3S.